The second kappa shape index (κ2) is 8.09. The van der Waals surface area contributed by atoms with Gasteiger partial charge in [0.1, 0.15) is 0 Å². The average molecular weight is 368 g/mol. The van der Waals surface area contributed by atoms with E-state index in [1.807, 2.05) is 19.0 Å². The second-order valence-electron chi connectivity index (χ2n) is 6.72. The summed E-state index contributed by atoms with van der Waals surface area (Å²) in [6, 6.07) is 14.9. The molecule has 2 N–H and O–H groups in total. The van der Waals surface area contributed by atoms with Gasteiger partial charge in [-0.25, -0.2) is 10.3 Å². The molecule has 3 rings (SSSR count). The number of anilines is 2. The molecule has 3 amide bonds. The Hall–Kier alpha value is -3.06. The van der Waals surface area contributed by atoms with Crippen LogP contribution < -0.4 is 15.3 Å². The predicted molar refractivity (Wildman–Crippen MR) is 104 cm³/mol. The molecule has 7 heteroatoms. The maximum Gasteiger partial charge on any atom is 0.324 e. The summed E-state index contributed by atoms with van der Waals surface area (Å²) in [7, 11) is 4.02. The van der Waals surface area contributed by atoms with Gasteiger partial charge < -0.3 is 9.80 Å². The number of hydrogen-bond donors (Lipinski definition) is 2. The molecule has 1 fully saturated rings. The molecule has 1 aliphatic rings. The molecule has 1 saturated heterocycles. The molecular formula is C20H24N4O3. The Labute approximate surface area is 158 Å². The van der Waals surface area contributed by atoms with E-state index in [2.05, 4.69) is 29.2 Å². The van der Waals surface area contributed by atoms with Gasteiger partial charge in [-0.2, -0.15) is 0 Å². The number of rotatable bonds is 6. The Morgan fingerprint density at radius 2 is 1.74 bits per heavy atom. The molecule has 1 aliphatic heterocycles. The van der Waals surface area contributed by atoms with E-state index in [-0.39, 0.29) is 6.03 Å². The topological polar surface area (TPSA) is 76.1 Å². The predicted octanol–water partition coefficient (Wildman–Crippen LogP) is 2.36. The molecule has 142 valence electrons. The van der Waals surface area contributed by atoms with E-state index in [1.165, 1.54) is 5.56 Å². The van der Waals surface area contributed by atoms with Crippen LogP contribution in [0.2, 0.25) is 0 Å². The Balaban J connectivity index is 1.58. The van der Waals surface area contributed by atoms with Crippen LogP contribution in [0.15, 0.2) is 48.5 Å². The lowest BCUT2D eigenvalue weighted by Gasteiger charge is -2.19. The van der Waals surface area contributed by atoms with Crippen molar-refractivity contribution in [2.75, 3.05) is 43.5 Å². The minimum Gasteiger partial charge on any atom is -0.378 e. The third-order valence-corrected chi connectivity index (χ3v) is 4.76. The van der Waals surface area contributed by atoms with Gasteiger partial charge in [-0.3, -0.25) is 14.9 Å². The van der Waals surface area contributed by atoms with Crippen molar-refractivity contribution in [1.82, 2.24) is 10.4 Å². The summed E-state index contributed by atoms with van der Waals surface area (Å²) in [4.78, 5) is 29.7. The minimum absolute atomic E-state index is 0.0285. The van der Waals surface area contributed by atoms with E-state index < -0.39 is 5.91 Å². The highest BCUT2D eigenvalue weighted by molar-refractivity contribution is 5.96. The van der Waals surface area contributed by atoms with Crippen molar-refractivity contribution in [3.05, 3.63) is 59.7 Å². The van der Waals surface area contributed by atoms with Crippen LogP contribution in [-0.4, -0.2) is 55.8 Å². The van der Waals surface area contributed by atoms with Crippen LogP contribution in [0, 0.1) is 0 Å². The van der Waals surface area contributed by atoms with Crippen molar-refractivity contribution in [2.45, 2.75) is 6.42 Å². The number of nitrogens with one attached hydrogen (secondary N) is 1. The smallest absolute Gasteiger partial charge is 0.324 e. The van der Waals surface area contributed by atoms with Crippen molar-refractivity contribution in [1.29, 1.82) is 0 Å². The van der Waals surface area contributed by atoms with Gasteiger partial charge in [-0.1, -0.05) is 12.1 Å². The standard InChI is InChI=1S/C20H24N4O3/c1-22(2)17-7-3-15(4-8-17)11-12-23-13-14-24(20(23)26)18-9-5-16(6-10-18)19(25)21-27/h3-10,27H,11-14H2,1-2H3,(H,21,25). The van der Waals surface area contributed by atoms with E-state index in [9.17, 15) is 9.59 Å². The normalized spacial score (nSPS) is 13.8. The lowest BCUT2D eigenvalue weighted by atomic mass is 10.1. The fraction of sp³-hybridized carbons (Fsp3) is 0.300. The molecule has 0 atom stereocenters. The number of hydroxylamine groups is 1. The first-order valence-corrected chi connectivity index (χ1v) is 8.87. The van der Waals surface area contributed by atoms with Gasteiger partial charge in [0.2, 0.25) is 0 Å². The van der Waals surface area contributed by atoms with Gasteiger partial charge >= 0.3 is 6.03 Å². The Kier molecular flexibility index (Phi) is 5.61. The molecule has 0 radical (unpaired) electrons. The van der Waals surface area contributed by atoms with Crippen molar-refractivity contribution in [3.63, 3.8) is 0 Å². The van der Waals surface area contributed by atoms with Crippen molar-refractivity contribution in [3.8, 4) is 0 Å². The minimum atomic E-state index is -0.573. The third-order valence-electron chi connectivity index (χ3n) is 4.76. The molecule has 0 spiro atoms. The maximum atomic E-state index is 12.7. The highest BCUT2D eigenvalue weighted by Gasteiger charge is 2.29. The summed E-state index contributed by atoms with van der Waals surface area (Å²) < 4.78 is 0. The molecule has 0 saturated carbocycles. The highest BCUT2D eigenvalue weighted by atomic mass is 16.5. The molecule has 0 aromatic heterocycles. The molecule has 0 aliphatic carbocycles. The second-order valence-corrected chi connectivity index (χ2v) is 6.72. The lowest BCUT2D eigenvalue weighted by molar-refractivity contribution is 0.0706. The maximum absolute atomic E-state index is 12.7. The van der Waals surface area contributed by atoms with E-state index in [0.717, 1.165) is 17.8 Å². The molecule has 0 unspecified atom stereocenters. The number of amides is 3. The van der Waals surface area contributed by atoms with Gasteiger partial charge in [0.25, 0.3) is 5.91 Å². The summed E-state index contributed by atoms with van der Waals surface area (Å²) >= 11 is 0. The first-order chi connectivity index (χ1) is 13.0. The molecule has 27 heavy (non-hydrogen) atoms. The van der Waals surface area contributed by atoms with E-state index in [4.69, 9.17) is 5.21 Å². The van der Waals surface area contributed by atoms with Gasteiger partial charge in [-0.15, -0.1) is 0 Å². The average Bonchev–Trinajstić information content (AvgIpc) is 3.06. The summed E-state index contributed by atoms with van der Waals surface area (Å²) in [5.74, 6) is -0.573. The zero-order valence-corrected chi connectivity index (χ0v) is 15.6. The number of urea groups is 1. The zero-order chi connectivity index (χ0) is 19.4. The monoisotopic (exact) mass is 368 g/mol. The number of carbonyl (C=O) groups excluding carboxylic acids is 2. The van der Waals surface area contributed by atoms with Crippen LogP contribution in [0.3, 0.4) is 0 Å². The Bertz CT molecular complexity index is 803. The van der Waals surface area contributed by atoms with Gasteiger partial charge in [0.05, 0.1) is 0 Å². The Morgan fingerprint density at radius 3 is 2.33 bits per heavy atom. The highest BCUT2D eigenvalue weighted by Crippen LogP contribution is 2.21. The molecule has 7 nitrogen and oxygen atoms in total. The number of nitrogens with zero attached hydrogens (tertiary/aromatic N) is 3. The fourth-order valence-electron chi connectivity index (χ4n) is 3.11. The summed E-state index contributed by atoms with van der Waals surface area (Å²) in [6.07, 6.45) is 0.808. The van der Waals surface area contributed by atoms with Crippen LogP contribution >= 0.6 is 0 Å². The summed E-state index contributed by atoms with van der Waals surface area (Å²) in [5.41, 5.74) is 5.03. The molecular weight excluding hydrogens is 344 g/mol. The quantitative estimate of drug-likeness (QED) is 0.606. The lowest BCUT2D eigenvalue weighted by Crippen LogP contribution is -2.33. The summed E-state index contributed by atoms with van der Waals surface area (Å²) in [6.45, 7) is 1.96. The van der Waals surface area contributed by atoms with E-state index in [0.29, 0.717) is 25.2 Å². The third kappa shape index (κ3) is 4.20. The molecule has 1 heterocycles. The zero-order valence-electron chi connectivity index (χ0n) is 15.6. The fourth-order valence-corrected chi connectivity index (χ4v) is 3.11. The Morgan fingerprint density at radius 1 is 1.07 bits per heavy atom. The van der Waals surface area contributed by atoms with E-state index >= 15 is 0 Å². The number of benzene rings is 2. The van der Waals surface area contributed by atoms with Gasteiger partial charge in [-0.05, 0) is 48.4 Å². The number of hydrogen-bond acceptors (Lipinski definition) is 4. The molecule has 2 aromatic carbocycles. The SMILES string of the molecule is CN(C)c1ccc(CCN2CCN(c3ccc(C(=O)NO)cc3)C2=O)cc1. The van der Waals surface area contributed by atoms with E-state index in [1.54, 1.807) is 34.6 Å². The van der Waals surface area contributed by atoms with Crippen molar-refractivity contribution < 1.29 is 14.8 Å². The first-order valence-electron chi connectivity index (χ1n) is 8.87. The largest absolute Gasteiger partial charge is 0.378 e. The van der Waals surface area contributed by atoms with Gasteiger partial charge in [0, 0.05) is 50.7 Å². The molecule has 2 aromatic rings. The van der Waals surface area contributed by atoms with Crippen LogP contribution in [0.25, 0.3) is 0 Å². The van der Waals surface area contributed by atoms with Gasteiger partial charge in [0.15, 0.2) is 0 Å². The molecule has 0 bridgehead atoms. The number of carbonyl (C=O) groups is 2. The van der Waals surface area contributed by atoms with Crippen molar-refractivity contribution >= 4 is 23.3 Å². The van der Waals surface area contributed by atoms with Crippen LogP contribution in [0.5, 0.6) is 0 Å². The van der Waals surface area contributed by atoms with Crippen LogP contribution in [0.4, 0.5) is 16.2 Å². The van der Waals surface area contributed by atoms with Crippen LogP contribution in [-0.2, 0) is 6.42 Å². The first kappa shape index (κ1) is 18.7. The van der Waals surface area contributed by atoms with Crippen molar-refractivity contribution in [2.24, 2.45) is 0 Å². The van der Waals surface area contributed by atoms with Crippen LogP contribution in [0.1, 0.15) is 15.9 Å². The summed E-state index contributed by atoms with van der Waals surface area (Å²) in [5, 5.41) is 8.67.